The third kappa shape index (κ3) is 5.42. The molecule has 0 atom stereocenters. The molecule has 1 fully saturated rings. The summed E-state index contributed by atoms with van der Waals surface area (Å²) in [7, 11) is 1.38. The van der Waals surface area contributed by atoms with Gasteiger partial charge in [0.05, 0.1) is 20.3 Å². The first kappa shape index (κ1) is 24.2. The molecular formula is C25H19BrN2O7. The fourth-order valence-electron chi connectivity index (χ4n) is 3.50. The molecule has 0 bridgehead atoms. The number of morpholine rings is 1. The number of hydrogen-bond acceptors (Lipinski definition) is 8. The zero-order valence-electron chi connectivity index (χ0n) is 18.6. The highest BCUT2D eigenvalue weighted by atomic mass is 79.9. The van der Waals surface area contributed by atoms with Gasteiger partial charge in [0.2, 0.25) is 0 Å². The minimum absolute atomic E-state index is 0.0429. The van der Waals surface area contributed by atoms with Gasteiger partial charge in [-0.1, -0.05) is 22.0 Å². The number of hydrogen-bond donors (Lipinski definition) is 0. The predicted molar refractivity (Wildman–Crippen MR) is 129 cm³/mol. The summed E-state index contributed by atoms with van der Waals surface area (Å²) in [4.78, 5) is 39.3. The molecule has 0 N–H and O–H groups in total. The van der Waals surface area contributed by atoms with Crippen LogP contribution in [-0.4, -0.2) is 50.2 Å². The molecule has 1 aliphatic heterocycles. The van der Waals surface area contributed by atoms with E-state index < -0.39 is 11.6 Å². The van der Waals surface area contributed by atoms with E-state index in [2.05, 4.69) is 15.9 Å². The summed E-state index contributed by atoms with van der Waals surface area (Å²) >= 11 is 3.34. The van der Waals surface area contributed by atoms with Gasteiger partial charge in [0, 0.05) is 22.9 Å². The number of esters is 1. The Kier molecular flexibility index (Phi) is 7.29. The number of rotatable bonds is 5. The lowest BCUT2D eigenvalue weighted by Gasteiger charge is -2.26. The zero-order valence-corrected chi connectivity index (χ0v) is 20.2. The SMILES string of the molecule is COc1cc(/C=C(\C#N)C(=O)N2CCOCC2)ccc1OC(=O)c1cc2cc(Br)ccc2oc1=O. The Morgan fingerprint density at radius 1 is 1.11 bits per heavy atom. The van der Waals surface area contributed by atoms with Crippen LogP contribution < -0.4 is 15.1 Å². The summed E-state index contributed by atoms with van der Waals surface area (Å²) in [5.41, 5.74) is -0.315. The maximum Gasteiger partial charge on any atom is 0.351 e. The van der Waals surface area contributed by atoms with Crippen LogP contribution in [0, 0.1) is 11.3 Å². The third-order valence-electron chi connectivity index (χ3n) is 5.26. The van der Waals surface area contributed by atoms with Crippen LogP contribution >= 0.6 is 15.9 Å². The van der Waals surface area contributed by atoms with Gasteiger partial charge in [0.15, 0.2) is 11.5 Å². The van der Waals surface area contributed by atoms with E-state index in [4.69, 9.17) is 18.6 Å². The summed E-state index contributed by atoms with van der Waals surface area (Å²) in [5, 5.41) is 10.0. The van der Waals surface area contributed by atoms with E-state index in [9.17, 15) is 19.6 Å². The van der Waals surface area contributed by atoms with Crippen molar-refractivity contribution in [3.8, 4) is 17.6 Å². The highest BCUT2D eigenvalue weighted by molar-refractivity contribution is 9.10. The molecule has 2 heterocycles. The van der Waals surface area contributed by atoms with E-state index in [1.54, 1.807) is 29.2 Å². The largest absolute Gasteiger partial charge is 0.493 e. The fraction of sp³-hybridized carbons (Fsp3) is 0.200. The maximum absolute atomic E-state index is 12.7. The second-order valence-electron chi connectivity index (χ2n) is 7.50. The normalized spacial score (nSPS) is 13.9. The van der Waals surface area contributed by atoms with Crippen LogP contribution in [0.3, 0.4) is 0 Å². The van der Waals surface area contributed by atoms with Crippen LogP contribution in [0.2, 0.25) is 0 Å². The molecule has 0 radical (unpaired) electrons. The van der Waals surface area contributed by atoms with Gasteiger partial charge in [-0.3, -0.25) is 4.79 Å². The number of methoxy groups -OCH3 is 1. The van der Waals surface area contributed by atoms with Crippen LogP contribution in [0.25, 0.3) is 17.0 Å². The quantitative estimate of drug-likeness (QED) is 0.159. The van der Waals surface area contributed by atoms with E-state index in [1.807, 2.05) is 6.07 Å². The van der Waals surface area contributed by atoms with E-state index >= 15 is 0 Å². The van der Waals surface area contributed by atoms with Crippen molar-refractivity contribution in [1.82, 2.24) is 4.90 Å². The average molecular weight is 539 g/mol. The Morgan fingerprint density at radius 3 is 2.60 bits per heavy atom. The Bertz CT molecular complexity index is 1430. The van der Waals surface area contributed by atoms with Gasteiger partial charge in [-0.05, 0) is 48.0 Å². The first-order chi connectivity index (χ1) is 16.9. The lowest BCUT2D eigenvalue weighted by molar-refractivity contribution is -0.130. The molecule has 9 nitrogen and oxygen atoms in total. The smallest absolute Gasteiger partial charge is 0.351 e. The van der Waals surface area contributed by atoms with Crippen molar-refractivity contribution in [2.75, 3.05) is 33.4 Å². The van der Waals surface area contributed by atoms with Crippen LogP contribution in [0.4, 0.5) is 0 Å². The van der Waals surface area contributed by atoms with Crippen molar-refractivity contribution in [2.45, 2.75) is 0 Å². The first-order valence-corrected chi connectivity index (χ1v) is 11.3. The Morgan fingerprint density at radius 2 is 1.89 bits per heavy atom. The van der Waals surface area contributed by atoms with Gasteiger partial charge in [0.1, 0.15) is 22.8 Å². The molecule has 1 aromatic heterocycles. The van der Waals surface area contributed by atoms with Crippen molar-refractivity contribution in [2.24, 2.45) is 0 Å². The van der Waals surface area contributed by atoms with Crippen LogP contribution in [-0.2, 0) is 9.53 Å². The number of fused-ring (bicyclic) bond motifs is 1. The molecule has 0 saturated carbocycles. The summed E-state index contributed by atoms with van der Waals surface area (Å²) in [6.45, 7) is 1.67. The molecule has 0 unspecified atom stereocenters. The average Bonchev–Trinajstić information content (AvgIpc) is 2.87. The van der Waals surface area contributed by atoms with Crippen molar-refractivity contribution in [1.29, 1.82) is 5.26 Å². The molecule has 4 rings (SSSR count). The molecule has 2 aromatic carbocycles. The number of carbonyl (C=O) groups excluding carboxylic acids is 2. The zero-order chi connectivity index (χ0) is 24.9. The van der Waals surface area contributed by atoms with Gasteiger partial charge in [-0.2, -0.15) is 5.26 Å². The number of benzene rings is 2. The highest BCUT2D eigenvalue weighted by Crippen LogP contribution is 2.30. The Balaban J connectivity index is 1.58. The number of halogens is 1. The Labute approximate surface area is 208 Å². The van der Waals surface area contributed by atoms with Crippen molar-refractivity contribution >= 4 is 44.9 Å². The van der Waals surface area contributed by atoms with Gasteiger partial charge in [0.25, 0.3) is 5.91 Å². The molecule has 3 aromatic rings. The molecule has 1 aliphatic rings. The molecular weight excluding hydrogens is 520 g/mol. The minimum Gasteiger partial charge on any atom is -0.493 e. The molecule has 1 amide bonds. The standard InChI is InChI=1S/C25H19BrN2O7/c1-32-22-11-15(10-17(14-27)23(29)28-6-8-33-9-7-28)2-4-21(22)35-25(31)19-13-16-12-18(26)3-5-20(16)34-24(19)30/h2-5,10-13H,6-9H2,1H3/b17-10+. The summed E-state index contributed by atoms with van der Waals surface area (Å²) in [6, 6.07) is 12.9. The lowest BCUT2D eigenvalue weighted by Crippen LogP contribution is -2.41. The minimum atomic E-state index is -0.914. The monoisotopic (exact) mass is 538 g/mol. The van der Waals surface area contributed by atoms with Crippen LogP contribution in [0.1, 0.15) is 15.9 Å². The molecule has 35 heavy (non-hydrogen) atoms. The molecule has 1 saturated heterocycles. The van der Waals surface area contributed by atoms with Crippen LogP contribution in [0.5, 0.6) is 11.5 Å². The summed E-state index contributed by atoms with van der Waals surface area (Å²) < 4.78 is 21.9. The van der Waals surface area contributed by atoms with E-state index in [0.29, 0.717) is 42.8 Å². The van der Waals surface area contributed by atoms with Gasteiger partial charge >= 0.3 is 11.6 Å². The number of amides is 1. The van der Waals surface area contributed by atoms with Gasteiger partial charge < -0.3 is 23.5 Å². The molecule has 0 spiro atoms. The predicted octanol–water partition coefficient (Wildman–Crippen LogP) is 3.55. The van der Waals surface area contributed by atoms with Gasteiger partial charge in [-0.15, -0.1) is 0 Å². The second kappa shape index (κ2) is 10.5. The third-order valence-corrected chi connectivity index (χ3v) is 5.76. The first-order valence-electron chi connectivity index (χ1n) is 10.5. The van der Waals surface area contributed by atoms with Crippen molar-refractivity contribution < 1.29 is 28.2 Å². The number of ether oxygens (including phenoxy) is 3. The van der Waals surface area contributed by atoms with Crippen molar-refractivity contribution in [3.05, 3.63) is 74.1 Å². The number of nitriles is 1. The fourth-order valence-corrected chi connectivity index (χ4v) is 3.87. The summed E-state index contributed by atoms with van der Waals surface area (Å²) in [5.74, 6) is -1.07. The van der Waals surface area contributed by atoms with Crippen LogP contribution in [0.15, 0.2) is 61.7 Å². The second-order valence-corrected chi connectivity index (χ2v) is 8.42. The molecule has 178 valence electrons. The maximum atomic E-state index is 12.7. The molecule has 10 heteroatoms. The number of carbonyl (C=O) groups is 2. The van der Waals surface area contributed by atoms with E-state index in [0.717, 1.165) is 4.47 Å². The van der Waals surface area contributed by atoms with E-state index in [-0.39, 0.29) is 28.5 Å². The van der Waals surface area contributed by atoms with E-state index in [1.165, 1.54) is 31.4 Å². The lowest BCUT2D eigenvalue weighted by atomic mass is 10.1. The summed E-state index contributed by atoms with van der Waals surface area (Å²) in [6.07, 6.45) is 1.43. The highest BCUT2D eigenvalue weighted by Gasteiger charge is 2.22. The van der Waals surface area contributed by atoms with Gasteiger partial charge in [-0.25, -0.2) is 9.59 Å². The molecule has 0 aliphatic carbocycles. The number of nitrogens with zero attached hydrogens (tertiary/aromatic N) is 2. The Hall–Kier alpha value is -3.94. The van der Waals surface area contributed by atoms with Crippen molar-refractivity contribution in [3.63, 3.8) is 0 Å². The topological polar surface area (TPSA) is 119 Å².